The first-order valence-electron chi connectivity index (χ1n) is 6.57. The summed E-state index contributed by atoms with van der Waals surface area (Å²) in [6, 6.07) is 2.48. The molecule has 0 aliphatic carbocycles. The number of hydrogen-bond acceptors (Lipinski definition) is 5. The number of sulfonamides is 1. The first kappa shape index (κ1) is 14.7. The van der Waals surface area contributed by atoms with Gasteiger partial charge in [-0.3, -0.25) is 19.7 Å². The first-order chi connectivity index (χ1) is 10.3. The fourth-order valence-electron chi connectivity index (χ4n) is 2.72. The quantitative estimate of drug-likeness (QED) is 0.743. The summed E-state index contributed by atoms with van der Waals surface area (Å²) in [6.07, 6.45) is 0.707. The second kappa shape index (κ2) is 4.89. The number of carbonyl (C=O) groups is 3. The minimum absolute atomic E-state index is 0.0165. The maximum atomic E-state index is 12.6. The fourth-order valence-corrected chi connectivity index (χ4v) is 4.40. The van der Waals surface area contributed by atoms with Crippen LogP contribution >= 0.6 is 0 Å². The molecule has 2 aliphatic heterocycles. The molecule has 0 radical (unpaired) electrons. The maximum Gasteiger partial charge on any atom is 0.322 e. The molecule has 0 bridgehead atoms. The monoisotopic (exact) mass is 324 g/mol. The number of carboxylic acids is 1. The molecule has 2 N–H and O–H groups in total. The van der Waals surface area contributed by atoms with Crippen molar-refractivity contribution in [3.8, 4) is 0 Å². The average Bonchev–Trinajstić information content (AvgIpc) is 3.05. The second-order valence-corrected chi connectivity index (χ2v) is 6.99. The van der Waals surface area contributed by atoms with Crippen molar-refractivity contribution in [3.63, 3.8) is 0 Å². The standard InChI is InChI=1S/C13H12N2O6S/c16-11-8-4-3-7(6-9(8)12(17)14-11)22(20,21)15-5-1-2-10(15)13(18)19/h3-4,6,10H,1-2,5H2,(H,18,19)(H,14,16,17)/t10-/m1/s1. The van der Waals surface area contributed by atoms with Gasteiger partial charge in [0.1, 0.15) is 6.04 Å². The van der Waals surface area contributed by atoms with Crippen molar-refractivity contribution in [3.05, 3.63) is 29.3 Å². The average molecular weight is 324 g/mol. The lowest BCUT2D eigenvalue weighted by Crippen LogP contribution is -2.40. The van der Waals surface area contributed by atoms with E-state index >= 15 is 0 Å². The number of carboxylic acid groups (broad SMARTS) is 1. The molecule has 1 saturated heterocycles. The highest BCUT2D eigenvalue weighted by Gasteiger charge is 2.40. The fraction of sp³-hybridized carbons (Fsp3) is 0.308. The molecule has 2 heterocycles. The lowest BCUT2D eigenvalue weighted by atomic mass is 10.1. The summed E-state index contributed by atoms with van der Waals surface area (Å²) in [5.41, 5.74) is 0.0947. The van der Waals surface area contributed by atoms with Crippen molar-refractivity contribution in [2.45, 2.75) is 23.8 Å². The summed E-state index contributed by atoms with van der Waals surface area (Å²) in [5.74, 6) is -2.43. The van der Waals surface area contributed by atoms with Crippen LogP contribution in [0.1, 0.15) is 33.6 Å². The lowest BCUT2D eigenvalue weighted by molar-refractivity contribution is -0.140. The number of amides is 2. The van der Waals surface area contributed by atoms with E-state index in [1.165, 1.54) is 12.1 Å². The van der Waals surface area contributed by atoms with E-state index < -0.39 is 33.8 Å². The van der Waals surface area contributed by atoms with Crippen LogP contribution in [0.5, 0.6) is 0 Å². The van der Waals surface area contributed by atoms with Crippen LogP contribution in [0.3, 0.4) is 0 Å². The van der Waals surface area contributed by atoms with E-state index in [0.29, 0.717) is 6.42 Å². The van der Waals surface area contributed by atoms with Gasteiger partial charge in [-0.15, -0.1) is 0 Å². The van der Waals surface area contributed by atoms with E-state index in [-0.39, 0.29) is 29.0 Å². The minimum Gasteiger partial charge on any atom is -0.480 e. The minimum atomic E-state index is -4.03. The molecule has 1 fully saturated rings. The number of imide groups is 1. The van der Waals surface area contributed by atoms with E-state index in [9.17, 15) is 22.8 Å². The van der Waals surface area contributed by atoms with Gasteiger partial charge < -0.3 is 5.11 Å². The van der Waals surface area contributed by atoms with Crippen molar-refractivity contribution in [1.29, 1.82) is 0 Å². The highest BCUT2D eigenvalue weighted by atomic mass is 32.2. The van der Waals surface area contributed by atoms with Gasteiger partial charge in [-0.1, -0.05) is 0 Å². The van der Waals surface area contributed by atoms with Crippen LogP contribution in [0.2, 0.25) is 0 Å². The maximum absolute atomic E-state index is 12.6. The summed E-state index contributed by atoms with van der Waals surface area (Å²) in [7, 11) is -4.03. The molecule has 0 unspecified atom stereocenters. The molecular weight excluding hydrogens is 312 g/mol. The summed E-state index contributed by atoms with van der Waals surface area (Å²) in [4.78, 5) is 34.0. The third-order valence-electron chi connectivity index (χ3n) is 3.80. The molecule has 2 aliphatic rings. The zero-order chi connectivity index (χ0) is 16.1. The third kappa shape index (κ3) is 2.09. The van der Waals surface area contributed by atoms with Crippen LogP contribution in [0.15, 0.2) is 23.1 Å². The molecule has 0 aromatic heterocycles. The van der Waals surface area contributed by atoms with Gasteiger partial charge in [-0.25, -0.2) is 8.42 Å². The molecule has 9 heteroatoms. The first-order valence-corrected chi connectivity index (χ1v) is 8.01. The molecule has 8 nitrogen and oxygen atoms in total. The van der Waals surface area contributed by atoms with E-state index in [1.807, 2.05) is 0 Å². The Morgan fingerprint density at radius 1 is 1.23 bits per heavy atom. The number of nitrogens with one attached hydrogen (secondary N) is 1. The zero-order valence-corrected chi connectivity index (χ0v) is 12.1. The van der Waals surface area contributed by atoms with E-state index in [1.54, 1.807) is 0 Å². The molecule has 2 amide bonds. The van der Waals surface area contributed by atoms with Gasteiger partial charge >= 0.3 is 5.97 Å². The molecule has 116 valence electrons. The summed E-state index contributed by atoms with van der Waals surface area (Å²) < 4.78 is 26.1. The predicted octanol–water partition coefficient (Wildman–Crippen LogP) is -0.192. The number of hydrogen-bond donors (Lipinski definition) is 2. The number of aliphatic carboxylic acids is 1. The van der Waals surface area contributed by atoms with Gasteiger partial charge in [0, 0.05) is 6.54 Å². The Hall–Kier alpha value is -2.26. The molecule has 0 spiro atoms. The Balaban J connectivity index is 2.04. The lowest BCUT2D eigenvalue weighted by Gasteiger charge is -2.21. The van der Waals surface area contributed by atoms with Gasteiger partial charge in [0.15, 0.2) is 0 Å². The number of rotatable bonds is 3. The SMILES string of the molecule is O=C1NC(=O)c2cc(S(=O)(=O)N3CCC[C@@H]3C(=O)O)ccc21. The highest BCUT2D eigenvalue weighted by molar-refractivity contribution is 7.89. The number of nitrogens with zero attached hydrogens (tertiary/aromatic N) is 1. The van der Waals surface area contributed by atoms with Crippen molar-refractivity contribution in [2.75, 3.05) is 6.54 Å². The number of fused-ring (bicyclic) bond motifs is 1. The Labute approximate surface area is 125 Å². The van der Waals surface area contributed by atoms with Gasteiger partial charge in [0.25, 0.3) is 11.8 Å². The van der Waals surface area contributed by atoms with Gasteiger partial charge in [0.2, 0.25) is 10.0 Å². The topological polar surface area (TPSA) is 121 Å². The van der Waals surface area contributed by atoms with Gasteiger partial charge in [-0.05, 0) is 31.0 Å². The van der Waals surface area contributed by atoms with Crippen molar-refractivity contribution in [2.24, 2.45) is 0 Å². The molecule has 0 saturated carbocycles. The predicted molar refractivity (Wildman–Crippen MR) is 72.8 cm³/mol. The third-order valence-corrected chi connectivity index (χ3v) is 5.71. The number of carbonyl (C=O) groups excluding carboxylic acids is 2. The Morgan fingerprint density at radius 3 is 2.59 bits per heavy atom. The Bertz CT molecular complexity index is 801. The van der Waals surface area contributed by atoms with E-state index in [4.69, 9.17) is 5.11 Å². The van der Waals surface area contributed by atoms with Crippen LogP contribution in [-0.2, 0) is 14.8 Å². The van der Waals surface area contributed by atoms with E-state index in [0.717, 1.165) is 10.4 Å². The van der Waals surface area contributed by atoms with Gasteiger partial charge in [0.05, 0.1) is 16.0 Å². The van der Waals surface area contributed by atoms with Crippen LogP contribution in [0.25, 0.3) is 0 Å². The summed E-state index contributed by atoms with van der Waals surface area (Å²) in [6.45, 7) is 0.113. The van der Waals surface area contributed by atoms with Crippen molar-refractivity contribution in [1.82, 2.24) is 9.62 Å². The largest absolute Gasteiger partial charge is 0.480 e. The second-order valence-electron chi connectivity index (χ2n) is 5.10. The highest BCUT2D eigenvalue weighted by Crippen LogP contribution is 2.28. The van der Waals surface area contributed by atoms with E-state index in [2.05, 4.69) is 5.32 Å². The molecular formula is C13H12N2O6S. The smallest absolute Gasteiger partial charge is 0.322 e. The Morgan fingerprint density at radius 2 is 1.91 bits per heavy atom. The summed E-state index contributed by atoms with van der Waals surface area (Å²) in [5, 5.41) is 11.2. The van der Waals surface area contributed by atoms with Crippen LogP contribution < -0.4 is 5.32 Å². The molecule has 3 rings (SSSR count). The summed E-state index contributed by atoms with van der Waals surface area (Å²) >= 11 is 0. The van der Waals surface area contributed by atoms with Crippen molar-refractivity contribution < 1.29 is 27.9 Å². The zero-order valence-electron chi connectivity index (χ0n) is 11.3. The van der Waals surface area contributed by atoms with Gasteiger partial charge in [-0.2, -0.15) is 4.31 Å². The molecule has 1 aromatic carbocycles. The van der Waals surface area contributed by atoms with Crippen LogP contribution in [0.4, 0.5) is 0 Å². The van der Waals surface area contributed by atoms with Crippen LogP contribution in [0, 0.1) is 0 Å². The van der Waals surface area contributed by atoms with Crippen LogP contribution in [-0.4, -0.2) is 48.2 Å². The van der Waals surface area contributed by atoms with Crippen molar-refractivity contribution >= 4 is 27.8 Å². The molecule has 22 heavy (non-hydrogen) atoms. The molecule has 1 atom stereocenters. The molecule has 1 aromatic rings. The normalized spacial score (nSPS) is 21.7. The number of benzene rings is 1. The Kier molecular flexibility index (Phi) is 3.26.